The lowest BCUT2D eigenvalue weighted by Gasteiger charge is -2.03. The van der Waals surface area contributed by atoms with Crippen LogP contribution in [0.1, 0.15) is 0 Å². The Kier molecular flexibility index (Phi) is 3.94. The van der Waals surface area contributed by atoms with Gasteiger partial charge in [0, 0.05) is 15.3 Å². The first kappa shape index (κ1) is 14.9. The standard InChI is InChI=1S/C17H12FIN2OS/c18-7-8-22-13-4-1-11(2-5-13)14-10-21-15-6-3-12(19)9-16(15)23-17(21)20-14/h1-6,9-10H,7-8H2. The quantitative estimate of drug-likeness (QED) is 0.411. The van der Waals surface area contributed by atoms with Gasteiger partial charge >= 0.3 is 0 Å². The molecule has 0 fully saturated rings. The highest BCUT2D eigenvalue weighted by Crippen LogP contribution is 2.30. The van der Waals surface area contributed by atoms with Gasteiger partial charge in [0.15, 0.2) is 4.96 Å². The van der Waals surface area contributed by atoms with Crippen LogP contribution in [0.5, 0.6) is 5.75 Å². The molecule has 4 aromatic rings. The van der Waals surface area contributed by atoms with Gasteiger partial charge in [-0.15, -0.1) is 0 Å². The predicted octanol–water partition coefficient (Wildman–Crippen LogP) is 5.17. The fraction of sp³-hybridized carbons (Fsp3) is 0.118. The molecular weight excluding hydrogens is 426 g/mol. The van der Waals surface area contributed by atoms with Crippen molar-refractivity contribution in [2.45, 2.75) is 0 Å². The molecule has 0 N–H and O–H groups in total. The summed E-state index contributed by atoms with van der Waals surface area (Å²) in [5, 5.41) is 0. The second-order valence-electron chi connectivity index (χ2n) is 5.05. The molecule has 23 heavy (non-hydrogen) atoms. The monoisotopic (exact) mass is 438 g/mol. The third-order valence-corrected chi connectivity index (χ3v) is 5.24. The molecule has 0 saturated carbocycles. The van der Waals surface area contributed by atoms with Crippen molar-refractivity contribution < 1.29 is 9.13 Å². The lowest BCUT2D eigenvalue weighted by Crippen LogP contribution is -1.98. The van der Waals surface area contributed by atoms with Gasteiger partial charge in [-0.3, -0.25) is 4.40 Å². The molecule has 3 nitrogen and oxygen atoms in total. The fourth-order valence-electron chi connectivity index (χ4n) is 2.49. The molecule has 2 aromatic carbocycles. The summed E-state index contributed by atoms with van der Waals surface area (Å²) in [7, 11) is 0. The number of rotatable bonds is 4. The fourth-order valence-corrected chi connectivity index (χ4v) is 4.24. The minimum absolute atomic E-state index is 0.0876. The molecule has 0 spiro atoms. The van der Waals surface area contributed by atoms with Crippen molar-refractivity contribution in [2.24, 2.45) is 0 Å². The summed E-state index contributed by atoms with van der Waals surface area (Å²) in [6.07, 6.45) is 2.05. The molecule has 2 heterocycles. The normalized spacial score (nSPS) is 11.4. The molecule has 0 aliphatic rings. The van der Waals surface area contributed by atoms with Crippen LogP contribution in [0, 0.1) is 3.57 Å². The summed E-state index contributed by atoms with van der Waals surface area (Å²) < 4.78 is 22.0. The zero-order chi connectivity index (χ0) is 15.8. The summed E-state index contributed by atoms with van der Waals surface area (Å²) in [6, 6.07) is 14.0. The van der Waals surface area contributed by atoms with E-state index in [1.54, 1.807) is 11.3 Å². The average molecular weight is 438 g/mol. The van der Waals surface area contributed by atoms with E-state index in [2.05, 4.69) is 51.4 Å². The number of thiazole rings is 1. The van der Waals surface area contributed by atoms with Crippen LogP contribution in [0.25, 0.3) is 26.4 Å². The number of ether oxygens (including phenoxy) is 1. The van der Waals surface area contributed by atoms with Crippen LogP contribution in [-0.4, -0.2) is 22.7 Å². The Hall–Kier alpha value is -1.67. The molecular formula is C17H12FIN2OS. The lowest BCUT2D eigenvalue weighted by atomic mass is 10.2. The molecule has 0 bridgehead atoms. The molecule has 116 valence electrons. The van der Waals surface area contributed by atoms with E-state index < -0.39 is 6.67 Å². The van der Waals surface area contributed by atoms with Crippen molar-refractivity contribution in [3.05, 3.63) is 52.2 Å². The number of nitrogens with zero attached hydrogens (tertiary/aromatic N) is 2. The molecule has 0 aliphatic heterocycles. The van der Waals surface area contributed by atoms with Crippen molar-refractivity contribution in [2.75, 3.05) is 13.3 Å². The van der Waals surface area contributed by atoms with Gasteiger partial charge in [-0.05, 0) is 65.1 Å². The maximum Gasteiger partial charge on any atom is 0.195 e. The number of aromatic nitrogens is 2. The maximum absolute atomic E-state index is 12.1. The van der Waals surface area contributed by atoms with E-state index in [4.69, 9.17) is 9.72 Å². The highest BCUT2D eigenvalue weighted by Gasteiger charge is 2.10. The Labute approximate surface area is 149 Å². The van der Waals surface area contributed by atoms with Crippen molar-refractivity contribution in [1.29, 1.82) is 0 Å². The predicted molar refractivity (Wildman–Crippen MR) is 100 cm³/mol. The number of benzene rings is 2. The lowest BCUT2D eigenvalue weighted by molar-refractivity contribution is 0.273. The average Bonchev–Trinajstić information content (AvgIpc) is 3.10. The molecule has 0 amide bonds. The van der Waals surface area contributed by atoms with Crippen molar-refractivity contribution >= 4 is 49.1 Å². The first-order valence-electron chi connectivity index (χ1n) is 7.11. The molecule has 0 saturated heterocycles. The van der Waals surface area contributed by atoms with E-state index in [0.29, 0.717) is 5.75 Å². The molecule has 0 aliphatic carbocycles. The van der Waals surface area contributed by atoms with Gasteiger partial charge in [-0.1, -0.05) is 11.3 Å². The van der Waals surface area contributed by atoms with Gasteiger partial charge in [0.25, 0.3) is 0 Å². The Morgan fingerprint density at radius 2 is 2.00 bits per heavy atom. The van der Waals surface area contributed by atoms with Crippen LogP contribution in [-0.2, 0) is 0 Å². The topological polar surface area (TPSA) is 26.5 Å². The first-order valence-corrected chi connectivity index (χ1v) is 9.00. The zero-order valence-corrected chi connectivity index (χ0v) is 15.0. The van der Waals surface area contributed by atoms with Gasteiger partial charge in [0.1, 0.15) is 19.0 Å². The second-order valence-corrected chi connectivity index (χ2v) is 7.31. The van der Waals surface area contributed by atoms with E-state index in [1.165, 1.54) is 13.8 Å². The van der Waals surface area contributed by atoms with Gasteiger partial charge in [-0.25, -0.2) is 9.37 Å². The summed E-state index contributed by atoms with van der Waals surface area (Å²) >= 11 is 4.01. The summed E-state index contributed by atoms with van der Waals surface area (Å²) in [4.78, 5) is 5.70. The maximum atomic E-state index is 12.1. The Morgan fingerprint density at radius 3 is 2.78 bits per heavy atom. The molecule has 0 radical (unpaired) electrons. The molecule has 0 atom stereocenters. The SMILES string of the molecule is FCCOc1ccc(-c2cn3c(n2)sc2cc(I)ccc23)cc1. The third-order valence-electron chi connectivity index (χ3n) is 3.55. The van der Waals surface area contributed by atoms with Gasteiger partial charge < -0.3 is 4.74 Å². The Balaban J connectivity index is 1.71. The van der Waals surface area contributed by atoms with Gasteiger partial charge in [0.05, 0.1) is 15.9 Å². The van der Waals surface area contributed by atoms with E-state index in [1.807, 2.05) is 24.3 Å². The van der Waals surface area contributed by atoms with E-state index in [0.717, 1.165) is 16.2 Å². The smallest absolute Gasteiger partial charge is 0.195 e. The van der Waals surface area contributed by atoms with Crippen molar-refractivity contribution in [3.8, 4) is 17.0 Å². The third kappa shape index (κ3) is 2.81. The van der Waals surface area contributed by atoms with E-state index in [9.17, 15) is 4.39 Å². The largest absolute Gasteiger partial charge is 0.491 e. The van der Waals surface area contributed by atoms with Crippen LogP contribution in [0.3, 0.4) is 0 Å². The van der Waals surface area contributed by atoms with Crippen LogP contribution in [0.15, 0.2) is 48.7 Å². The summed E-state index contributed by atoms with van der Waals surface area (Å²) in [5.41, 5.74) is 3.12. The van der Waals surface area contributed by atoms with Crippen molar-refractivity contribution in [1.82, 2.24) is 9.38 Å². The molecule has 4 rings (SSSR count). The van der Waals surface area contributed by atoms with Gasteiger partial charge in [0.2, 0.25) is 0 Å². The van der Waals surface area contributed by atoms with Crippen molar-refractivity contribution in [3.63, 3.8) is 0 Å². The van der Waals surface area contributed by atoms with Crippen LogP contribution in [0.4, 0.5) is 4.39 Å². The highest BCUT2D eigenvalue weighted by atomic mass is 127. The van der Waals surface area contributed by atoms with E-state index in [-0.39, 0.29) is 6.61 Å². The molecule has 6 heteroatoms. The molecule has 0 unspecified atom stereocenters. The van der Waals surface area contributed by atoms with E-state index >= 15 is 0 Å². The number of alkyl halides is 1. The number of fused-ring (bicyclic) bond motifs is 3. The number of imidazole rings is 1. The summed E-state index contributed by atoms with van der Waals surface area (Å²) in [5.74, 6) is 0.674. The zero-order valence-electron chi connectivity index (χ0n) is 12.0. The van der Waals surface area contributed by atoms with Crippen LogP contribution < -0.4 is 4.74 Å². The number of hydrogen-bond donors (Lipinski definition) is 0. The Morgan fingerprint density at radius 1 is 1.17 bits per heavy atom. The Bertz CT molecular complexity index is 978. The number of hydrogen-bond acceptors (Lipinski definition) is 3. The summed E-state index contributed by atoms with van der Waals surface area (Å²) in [6.45, 7) is -0.393. The number of halogens is 2. The molecule has 2 aromatic heterocycles. The minimum atomic E-state index is -0.481. The van der Waals surface area contributed by atoms with Crippen LogP contribution >= 0.6 is 33.9 Å². The first-order chi connectivity index (χ1) is 11.2. The van der Waals surface area contributed by atoms with Gasteiger partial charge in [-0.2, -0.15) is 0 Å². The second kappa shape index (κ2) is 6.09. The minimum Gasteiger partial charge on any atom is -0.491 e. The highest BCUT2D eigenvalue weighted by molar-refractivity contribution is 14.1. The van der Waals surface area contributed by atoms with Crippen LogP contribution in [0.2, 0.25) is 0 Å².